The third kappa shape index (κ3) is 6.69. The molecule has 0 aliphatic carbocycles. The Morgan fingerprint density at radius 2 is 2.00 bits per heavy atom. The van der Waals surface area contributed by atoms with E-state index in [0.29, 0.717) is 0 Å². The fourth-order valence-electron chi connectivity index (χ4n) is 1.28. The molecular weight excluding hydrogens is 198 g/mol. The van der Waals surface area contributed by atoms with Gasteiger partial charge in [-0.25, -0.2) is 0 Å². The third-order valence-corrected chi connectivity index (χ3v) is 3.84. The molecule has 0 N–H and O–H groups in total. The molecule has 0 radical (unpaired) electrons. The van der Waals surface area contributed by atoms with Gasteiger partial charge in [0.1, 0.15) is 0 Å². The lowest BCUT2D eigenvalue weighted by Gasteiger charge is -2.26. The Hall–Kier alpha value is 0.660. The number of hydrogen-bond acceptors (Lipinski definition) is 3. The monoisotopic (exact) mass is 221 g/mol. The van der Waals surface area contributed by atoms with Gasteiger partial charge in [-0.05, 0) is 25.5 Å². The van der Waals surface area contributed by atoms with Crippen molar-refractivity contribution in [3.8, 4) is 0 Å². The van der Waals surface area contributed by atoms with Crippen molar-refractivity contribution in [1.29, 1.82) is 0 Å². The van der Waals surface area contributed by atoms with Crippen LogP contribution in [-0.2, 0) is 0 Å². The van der Waals surface area contributed by atoms with Crippen molar-refractivity contribution in [1.82, 2.24) is 4.90 Å². The van der Waals surface area contributed by atoms with Crippen LogP contribution in [0, 0.1) is 0 Å². The molecule has 0 amide bonds. The molecule has 0 saturated carbocycles. The maximum atomic E-state index is 2.50. The molecule has 0 spiro atoms. The molecule has 1 unspecified atom stereocenters. The first kappa shape index (κ1) is 13.7. The number of rotatable bonds is 8. The van der Waals surface area contributed by atoms with E-state index >= 15 is 0 Å². The number of nitrogens with zero attached hydrogens (tertiary/aromatic N) is 1. The van der Waals surface area contributed by atoms with Gasteiger partial charge in [-0.15, -0.1) is 0 Å². The molecule has 13 heavy (non-hydrogen) atoms. The minimum atomic E-state index is 0.771. The predicted octanol–water partition coefficient (Wildman–Crippen LogP) is 2.81. The lowest BCUT2D eigenvalue weighted by molar-refractivity contribution is 0.271. The summed E-state index contributed by atoms with van der Waals surface area (Å²) >= 11 is 3.99. The minimum absolute atomic E-state index is 0.771. The molecule has 3 heteroatoms. The Kier molecular flexibility index (Phi) is 9.69. The Morgan fingerprint density at radius 1 is 1.31 bits per heavy atom. The van der Waals surface area contributed by atoms with Gasteiger partial charge in [0.15, 0.2) is 0 Å². The van der Waals surface area contributed by atoms with Crippen LogP contribution in [0.2, 0.25) is 0 Å². The molecule has 0 aromatic rings. The van der Waals surface area contributed by atoms with Crippen LogP contribution in [0.1, 0.15) is 20.3 Å². The van der Waals surface area contributed by atoms with Crippen molar-refractivity contribution in [2.24, 2.45) is 0 Å². The Bertz CT molecular complexity index is 109. The first-order valence-corrected chi connectivity index (χ1v) is 7.58. The molecule has 0 saturated heterocycles. The Balaban J connectivity index is 3.57. The van der Waals surface area contributed by atoms with E-state index in [-0.39, 0.29) is 0 Å². The summed E-state index contributed by atoms with van der Waals surface area (Å²) in [7, 11) is 2.25. The number of hydrogen-bond donors (Lipinski definition) is 0. The van der Waals surface area contributed by atoms with Crippen LogP contribution in [0.3, 0.4) is 0 Å². The van der Waals surface area contributed by atoms with Crippen LogP contribution < -0.4 is 0 Å². The first-order chi connectivity index (χ1) is 6.26. The Morgan fingerprint density at radius 3 is 2.46 bits per heavy atom. The maximum absolute atomic E-state index is 2.50. The highest BCUT2D eigenvalue weighted by Gasteiger charge is 2.10. The van der Waals surface area contributed by atoms with Gasteiger partial charge in [-0.2, -0.15) is 23.5 Å². The van der Waals surface area contributed by atoms with Gasteiger partial charge in [-0.3, -0.25) is 0 Å². The van der Waals surface area contributed by atoms with Crippen molar-refractivity contribution >= 4 is 23.5 Å². The van der Waals surface area contributed by atoms with Gasteiger partial charge in [0.05, 0.1) is 0 Å². The molecular formula is C10H23NS2. The topological polar surface area (TPSA) is 3.24 Å². The quantitative estimate of drug-likeness (QED) is 0.580. The zero-order valence-corrected chi connectivity index (χ0v) is 11.0. The second kappa shape index (κ2) is 9.22. The summed E-state index contributed by atoms with van der Waals surface area (Å²) in [5, 5.41) is 0. The van der Waals surface area contributed by atoms with Gasteiger partial charge < -0.3 is 4.90 Å². The summed E-state index contributed by atoms with van der Waals surface area (Å²) in [6.45, 7) is 5.74. The Labute approximate surface area is 92.0 Å². The average molecular weight is 221 g/mol. The summed E-state index contributed by atoms with van der Waals surface area (Å²) in [6.07, 6.45) is 3.46. The molecule has 0 aliphatic heterocycles. The van der Waals surface area contributed by atoms with E-state index in [9.17, 15) is 0 Å². The van der Waals surface area contributed by atoms with Gasteiger partial charge >= 0.3 is 0 Å². The largest absolute Gasteiger partial charge is 0.302 e. The smallest absolute Gasteiger partial charge is 0.0180 e. The van der Waals surface area contributed by atoms with E-state index in [1.807, 2.05) is 23.5 Å². The van der Waals surface area contributed by atoms with Crippen molar-refractivity contribution in [3.05, 3.63) is 0 Å². The predicted molar refractivity (Wildman–Crippen MR) is 68.1 cm³/mol. The van der Waals surface area contributed by atoms with E-state index in [0.717, 1.165) is 6.04 Å². The SMILES string of the molecule is CCSCCN(C)C(CC)CSC. The molecule has 0 bridgehead atoms. The second-order valence-corrected chi connectivity index (χ2v) is 5.50. The highest BCUT2D eigenvalue weighted by molar-refractivity contribution is 7.99. The van der Waals surface area contributed by atoms with E-state index in [1.165, 1.54) is 30.2 Å². The summed E-state index contributed by atoms with van der Waals surface area (Å²) in [4.78, 5) is 2.50. The zero-order chi connectivity index (χ0) is 10.1. The molecule has 0 aromatic heterocycles. The normalized spacial score (nSPS) is 13.6. The van der Waals surface area contributed by atoms with E-state index < -0.39 is 0 Å². The maximum Gasteiger partial charge on any atom is 0.0180 e. The van der Waals surface area contributed by atoms with Gasteiger partial charge in [0.25, 0.3) is 0 Å². The van der Waals surface area contributed by atoms with Crippen LogP contribution in [0.5, 0.6) is 0 Å². The number of thioether (sulfide) groups is 2. The molecule has 1 atom stereocenters. The minimum Gasteiger partial charge on any atom is -0.302 e. The van der Waals surface area contributed by atoms with Crippen molar-refractivity contribution in [3.63, 3.8) is 0 Å². The van der Waals surface area contributed by atoms with Gasteiger partial charge in [-0.1, -0.05) is 13.8 Å². The molecule has 0 aromatic carbocycles. The van der Waals surface area contributed by atoms with E-state index in [1.54, 1.807) is 0 Å². The summed E-state index contributed by atoms with van der Waals surface area (Å²) in [6, 6.07) is 0.771. The van der Waals surface area contributed by atoms with Crippen LogP contribution in [0.15, 0.2) is 0 Å². The average Bonchev–Trinajstić information content (AvgIpc) is 2.14. The zero-order valence-electron chi connectivity index (χ0n) is 9.38. The van der Waals surface area contributed by atoms with Crippen molar-refractivity contribution in [2.45, 2.75) is 26.3 Å². The summed E-state index contributed by atoms with van der Waals surface area (Å²) in [5.41, 5.74) is 0. The van der Waals surface area contributed by atoms with Crippen LogP contribution in [0.25, 0.3) is 0 Å². The van der Waals surface area contributed by atoms with Crippen molar-refractivity contribution < 1.29 is 0 Å². The molecule has 0 aliphatic rings. The summed E-state index contributed by atoms with van der Waals surface area (Å²) in [5.74, 6) is 3.79. The highest BCUT2D eigenvalue weighted by Crippen LogP contribution is 2.09. The van der Waals surface area contributed by atoms with Gasteiger partial charge in [0.2, 0.25) is 0 Å². The van der Waals surface area contributed by atoms with E-state index in [4.69, 9.17) is 0 Å². The van der Waals surface area contributed by atoms with Crippen LogP contribution in [0.4, 0.5) is 0 Å². The molecule has 0 fully saturated rings. The van der Waals surface area contributed by atoms with Gasteiger partial charge in [0, 0.05) is 24.1 Å². The highest BCUT2D eigenvalue weighted by atomic mass is 32.2. The lowest BCUT2D eigenvalue weighted by atomic mass is 10.2. The standard InChI is InChI=1S/C10H23NS2/c1-5-10(9-12-4)11(3)7-8-13-6-2/h10H,5-9H2,1-4H3. The van der Waals surface area contributed by atoms with Crippen molar-refractivity contribution in [2.75, 3.05) is 37.1 Å². The van der Waals surface area contributed by atoms with Crippen LogP contribution in [-0.4, -0.2) is 48.0 Å². The lowest BCUT2D eigenvalue weighted by Crippen LogP contribution is -2.34. The molecule has 1 nitrogen and oxygen atoms in total. The second-order valence-electron chi connectivity index (χ2n) is 3.19. The first-order valence-electron chi connectivity index (χ1n) is 5.03. The fourth-order valence-corrected chi connectivity index (χ4v) is 2.87. The summed E-state index contributed by atoms with van der Waals surface area (Å²) < 4.78 is 0. The third-order valence-electron chi connectivity index (χ3n) is 2.25. The molecule has 80 valence electrons. The van der Waals surface area contributed by atoms with E-state index in [2.05, 4.69) is 32.1 Å². The van der Waals surface area contributed by atoms with Crippen LogP contribution >= 0.6 is 23.5 Å². The molecule has 0 rings (SSSR count). The fraction of sp³-hybridized carbons (Fsp3) is 1.00. The molecule has 0 heterocycles.